The van der Waals surface area contributed by atoms with Crippen molar-refractivity contribution in [1.29, 1.82) is 0 Å². The van der Waals surface area contributed by atoms with Gasteiger partial charge in [-0.15, -0.1) is 0 Å². The molecular formula is C13H12ClF3O3. The molecule has 0 heterocycles. The normalized spacial score (nSPS) is 18.2. The zero-order valence-electron chi connectivity index (χ0n) is 10.3. The van der Waals surface area contributed by atoms with Gasteiger partial charge in [-0.25, -0.2) is 0 Å². The minimum atomic E-state index is -4.79. The fourth-order valence-corrected chi connectivity index (χ4v) is 2.92. The van der Waals surface area contributed by atoms with Crippen molar-refractivity contribution in [2.24, 2.45) is 0 Å². The monoisotopic (exact) mass is 308 g/mol. The molecule has 0 bridgehead atoms. The molecule has 0 amide bonds. The van der Waals surface area contributed by atoms with E-state index < -0.39 is 33.9 Å². The van der Waals surface area contributed by atoms with Crippen molar-refractivity contribution < 1.29 is 28.2 Å². The predicted octanol–water partition coefficient (Wildman–Crippen LogP) is 3.96. The van der Waals surface area contributed by atoms with Crippen molar-refractivity contribution in [3.05, 3.63) is 28.3 Å². The minimum Gasteiger partial charge on any atom is -0.506 e. The SMILES string of the molecule is O=C(O)C1(c2cc(Cl)c(O)c(C(F)(F)F)c2)CCCC1. The van der Waals surface area contributed by atoms with E-state index >= 15 is 0 Å². The first-order valence-electron chi connectivity index (χ1n) is 6.02. The van der Waals surface area contributed by atoms with Crippen LogP contribution in [0.3, 0.4) is 0 Å². The van der Waals surface area contributed by atoms with E-state index in [1.54, 1.807) is 0 Å². The van der Waals surface area contributed by atoms with Gasteiger partial charge in [-0.1, -0.05) is 24.4 Å². The average molecular weight is 309 g/mol. The van der Waals surface area contributed by atoms with E-state index in [0.29, 0.717) is 18.9 Å². The van der Waals surface area contributed by atoms with Crippen molar-refractivity contribution in [2.75, 3.05) is 0 Å². The minimum absolute atomic E-state index is 0.00220. The smallest absolute Gasteiger partial charge is 0.420 e. The van der Waals surface area contributed by atoms with Crippen LogP contribution in [0.2, 0.25) is 5.02 Å². The van der Waals surface area contributed by atoms with Crippen LogP contribution in [0.5, 0.6) is 5.75 Å². The van der Waals surface area contributed by atoms with Gasteiger partial charge < -0.3 is 10.2 Å². The summed E-state index contributed by atoms with van der Waals surface area (Å²) in [6.07, 6.45) is -3.00. The Morgan fingerprint density at radius 1 is 1.25 bits per heavy atom. The van der Waals surface area contributed by atoms with Crippen LogP contribution in [0.4, 0.5) is 13.2 Å². The third-order valence-electron chi connectivity index (χ3n) is 3.79. The first-order chi connectivity index (χ1) is 9.18. The van der Waals surface area contributed by atoms with E-state index in [2.05, 4.69) is 0 Å². The Labute approximate surface area is 118 Å². The summed E-state index contributed by atoms with van der Waals surface area (Å²) >= 11 is 5.63. The van der Waals surface area contributed by atoms with Gasteiger partial charge in [0.2, 0.25) is 0 Å². The summed E-state index contributed by atoms with van der Waals surface area (Å²) in [6.45, 7) is 0. The number of rotatable bonds is 2. The highest BCUT2D eigenvalue weighted by Crippen LogP contribution is 2.47. The zero-order valence-corrected chi connectivity index (χ0v) is 11.1. The second kappa shape index (κ2) is 4.84. The standard InChI is InChI=1S/C13H12ClF3O3/c14-9-6-7(5-8(10(9)18)13(15,16)17)12(11(19)20)3-1-2-4-12/h5-6,18H,1-4H2,(H,19,20). The Kier molecular flexibility index (Phi) is 3.62. The van der Waals surface area contributed by atoms with Crippen molar-refractivity contribution in [1.82, 2.24) is 0 Å². The highest BCUT2D eigenvalue weighted by molar-refractivity contribution is 6.32. The van der Waals surface area contributed by atoms with E-state index in [0.717, 1.165) is 6.07 Å². The number of carboxylic acids is 1. The van der Waals surface area contributed by atoms with Gasteiger partial charge in [0, 0.05) is 0 Å². The van der Waals surface area contributed by atoms with Gasteiger partial charge in [-0.3, -0.25) is 4.79 Å². The number of phenols is 1. The maximum Gasteiger partial charge on any atom is 0.420 e. The molecule has 1 saturated carbocycles. The van der Waals surface area contributed by atoms with E-state index in [1.807, 2.05) is 0 Å². The molecule has 1 aromatic rings. The number of hydrogen-bond acceptors (Lipinski definition) is 2. The van der Waals surface area contributed by atoms with Crippen LogP contribution >= 0.6 is 11.6 Å². The molecule has 0 unspecified atom stereocenters. The molecule has 0 saturated heterocycles. The lowest BCUT2D eigenvalue weighted by Gasteiger charge is -2.26. The lowest BCUT2D eigenvalue weighted by Crippen LogP contribution is -2.33. The molecule has 110 valence electrons. The molecule has 0 aliphatic heterocycles. The maximum absolute atomic E-state index is 12.9. The number of phenolic OH excluding ortho intramolecular Hbond substituents is 1. The predicted molar refractivity (Wildman–Crippen MR) is 65.9 cm³/mol. The van der Waals surface area contributed by atoms with Crippen molar-refractivity contribution in [3.63, 3.8) is 0 Å². The fourth-order valence-electron chi connectivity index (χ4n) is 2.70. The van der Waals surface area contributed by atoms with Crippen LogP contribution in [0.15, 0.2) is 12.1 Å². The highest BCUT2D eigenvalue weighted by atomic mass is 35.5. The number of aliphatic carboxylic acids is 1. The zero-order chi connectivity index (χ0) is 15.1. The number of alkyl halides is 3. The van der Waals surface area contributed by atoms with Crippen LogP contribution in [-0.4, -0.2) is 16.2 Å². The molecule has 1 aliphatic carbocycles. The quantitative estimate of drug-likeness (QED) is 0.869. The molecule has 2 N–H and O–H groups in total. The van der Waals surface area contributed by atoms with Gasteiger partial charge in [0.05, 0.1) is 16.0 Å². The van der Waals surface area contributed by atoms with Gasteiger partial charge in [0.15, 0.2) is 0 Å². The molecule has 1 aliphatic rings. The molecule has 1 aromatic carbocycles. The molecule has 7 heteroatoms. The summed E-state index contributed by atoms with van der Waals surface area (Å²) in [5, 5.41) is 18.3. The Morgan fingerprint density at radius 3 is 2.25 bits per heavy atom. The fraction of sp³-hybridized carbons (Fsp3) is 0.462. The average Bonchev–Trinajstić information content (AvgIpc) is 2.81. The molecule has 0 radical (unpaired) electrons. The van der Waals surface area contributed by atoms with E-state index in [1.165, 1.54) is 0 Å². The molecular weight excluding hydrogens is 297 g/mol. The van der Waals surface area contributed by atoms with Gasteiger partial charge in [0.1, 0.15) is 5.75 Å². The maximum atomic E-state index is 12.9. The van der Waals surface area contributed by atoms with E-state index in [-0.39, 0.29) is 18.4 Å². The Morgan fingerprint density at radius 2 is 1.80 bits per heavy atom. The summed E-state index contributed by atoms with van der Waals surface area (Å²) < 4.78 is 38.6. The van der Waals surface area contributed by atoms with Crippen LogP contribution in [-0.2, 0) is 16.4 Å². The highest BCUT2D eigenvalue weighted by Gasteiger charge is 2.45. The van der Waals surface area contributed by atoms with E-state index in [9.17, 15) is 28.2 Å². The van der Waals surface area contributed by atoms with Crippen molar-refractivity contribution in [3.8, 4) is 5.75 Å². The number of carboxylic acid groups (broad SMARTS) is 1. The summed E-state index contributed by atoms with van der Waals surface area (Å²) in [7, 11) is 0. The third-order valence-corrected chi connectivity index (χ3v) is 4.08. The molecule has 3 nitrogen and oxygen atoms in total. The number of benzene rings is 1. The van der Waals surface area contributed by atoms with Gasteiger partial charge in [0.25, 0.3) is 0 Å². The lowest BCUT2D eigenvalue weighted by atomic mass is 9.78. The van der Waals surface area contributed by atoms with Crippen molar-refractivity contribution >= 4 is 17.6 Å². The molecule has 0 spiro atoms. The summed E-state index contributed by atoms with van der Waals surface area (Å²) in [5.41, 5.74) is -2.65. The largest absolute Gasteiger partial charge is 0.506 e. The molecule has 0 atom stereocenters. The van der Waals surface area contributed by atoms with Gasteiger partial charge >= 0.3 is 12.1 Å². The molecule has 1 fully saturated rings. The number of hydrogen-bond donors (Lipinski definition) is 2. The lowest BCUT2D eigenvalue weighted by molar-refractivity contribution is -0.144. The third kappa shape index (κ3) is 2.32. The first-order valence-corrected chi connectivity index (χ1v) is 6.40. The second-order valence-corrected chi connectivity index (χ2v) is 5.35. The van der Waals surface area contributed by atoms with E-state index in [4.69, 9.17) is 11.6 Å². The Balaban J connectivity index is 2.64. The van der Waals surface area contributed by atoms with Gasteiger partial charge in [-0.05, 0) is 30.5 Å². The number of carbonyl (C=O) groups is 1. The molecule has 2 rings (SSSR count). The van der Waals surface area contributed by atoms with Crippen LogP contribution in [0, 0.1) is 0 Å². The first kappa shape index (κ1) is 15.0. The van der Waals surface area contributed by atoms with Crippen LogP contribution < -0.4 is 0 Å². The Hall–Kier alpha value is -1.43. The van der Waals surface area contributed by atoms with Gasteiger partial charge in [-0.2, -0.15) is 13.2 Å². The number of aromatic hydroxyl groups is 1. The molecule has 20 heavy (non-hydrogen) atoms. The number of halogens is 4. The van der Waals surface area contributed by atoms with Crippen LogP contribution in [0.25, 0.3) is 0 Å². The summed E-state index contributed by atoms with van der Waals surface area (Å²) in [5.74, 6) is -2.23. The summed E-state index contributed by atoms with van der Waals surface area (Å²) in [6, 6.07) is 1.81. The van der Waals surface area contributed by atoms with Crippen LogP contribution in [0.1, 0.15) is 36.8 Å². The molecule has 0 aromatic heterocycles. The second-order valence-electron chi connectivity index (χ2n) is 4.95. The topological polar surface area (TPSA) is 57.5 Å². The Bertz CT molecular complexity index is 549. The summed E-state index contributed by atoms with van der Waals surface area (Å²) in [4.78, 5) is 11.5. The van der Waals surface area contributed by atoms with Crippen molar-refractivity contribution in [2.45, 2.75) is 37.3 Å².